The number of nitrogens with two attached hydrogens (primary N) is 1. The molecule has 0 radical (unpaired) electrons. The third-order valence-electron chi connectivity index (χ3n) is 2.58. The highest BCUT2D eigenvalue weighted by molar-refractivity contribution is 8.11. The summed E-state index contributed by atoms with van der Waals surface area (Å²) in [4.78, 5) is 4.43. The smallest absolute Gasteiger partial charge is 0.166 e. The third-order valence-corrected chi connectivity index (χ3v) is 3.21. The van der Waals surface area contributed by atoms with Gasteiger partial charge in [0.05, 0.1) is 5.52 Å². The number of aryl methyl sites for hydroxylation is 1. The minimum absolute atomic E-state index is 0.0995. The van der Waals surface area contributed by atoms with Crippen molar-refractivity contribution in [2.75, 3.05) is 7.05 Å². The summed E-state index contributed by atoms with van der Waals surface area (Å²) < 4.78 is 1.94. The molecule has 1 aromatic carbocycles. The molecule has 3 N–H and O–H groups in total. The van der Waals surface area contributed by atoms with E-state index in [9.17, 15) is 0 Å². The lowest BCUT2D eigenvalue weighted by atomic mass is 10.1. The number of aromatic nitrogens is 1. The molecule has 94 valence electrons. The second kappa shape index (κ2) is 5.37. The van der Waals surface area contributed by atoms with E-state index in [1.807, 2.05) is 17.4 Å². The van der Waals surface area contributed by atoms with E-state index in [2.05, 4.69) is 30.1 Å². The summed E-state index contributed by atoms with van der Waals surface area (Å²) in [6.07, 6.45) is 1.80. The fourth-order valence-corrected chi connectivity index (χ4v) is 2.53. The maximum Gasteiger partial charge on any atom is 0.166 e. The van der Waals surface area contributed by atoms with Gasteiger partial charge in [-0.25, -0.2) is 4.31 Å². The molecule has 5 heteroatoms. The zero-order valence-corrected chi connectivity index (χ0v) is 11.3. The van der Waals surface area contributed by atoms with E-state index in [-0.39, 0.29) is 5.17 Å². The molecule has 0 aliphatic carbocycles. The summed E-state index contributed by atoms with van der Waals surface area (Å²) in [6, 6.07) is 8.27. The molecule has 2 rings (SSSR count). The molecule has 1 heterocycles. The second-order valence-electron chi connectivity index (χ2n) is 4.24. The Morgan fingerprint density at radius 2 is 2.28 bits per heavy atom. The molecule has 0 spiro atoms. The number of pyridine rings is 1. The van der Waals surface area contributed by atoms with Crippen LogP contribution in [-0.4, -0.2) is 21.5 Å². The van der Waals surface area contributed by atoms with Gasteiger partial charge in [0.2, 0.25) is 0 Å². The normalized spacial score (nSPS) is 11.1. The minimum atomic E-state index is 0.0995. The van der Waals surface area contributed by atoms with Gasteiger partial charge in [-0.15, -0.1) is 0 Å². The molecule has 1 aromatic heterocycles. The zero-order valence-electron chi connectivity index (χ0n) is 10.5. The minimum Gasteiger partial charge on any atom is -0.378 e. The molecule has 18 heavy (non-hydrogen) atoms. The number of fused-ring (bicyclic) bond motifs is 1. The highest BCUT2D eigenvalue weighted by atomic mass is 32.2. The van der Waals surface area contributed by atoms with Gasteiger partial charge in [-0.05, 0) is 43.6 Å². The van der Waals surface area contributed by atoms with Crippen molar-refractivity contribution in [1.82, 2.24) is 9.29 Å². The highest BCUT2D eigenvalue weighted by Crippen LogP contribution is 2.21. The Kier molecular flexibility index (Phi) is 3.84. The van der Waals surface area contributed by atoms with Gasteiger partial charge in [-0.1, -0.05) is 17.7 Å². The SMILES string of the molecule is Cc1cc(CN(C)SC(=N)N)c2ncccc2c1. The topological polar surface area (TPSA) is 66.0 Å². The van der Waals surface area contributed by atoms with E-state index >= 15 is 0 Å². The van der Waals surface area contributed by atoms with E-state index < -0.39 is 0 Å². The number of hydrogen-bond acceptors (Lipinski definition) is 4. The van der Waals surface area contributed by atoms with Crippen LogP contribution in [0.3, 0.4) is 0 Å². The molecule has 0 amide bonds. The second-order valence-corrected chi connectivity index (χ2v) is 5.49. The lowest BCUT2D eigenvalue weighted by Gasteiger charge is -2.15. The van der Waals surface area contributed by atoms with Gasteiger partial charge >= 0.3 is 0 Å². The van der Waals surface area contributed by atoms with Crippen LogP contribution >= 0.6 is 11.9 Å². The van der Waals surface area contributed by atoms with Gasteiger partial charge in [0.15, 0.2) is 5.17 Å². The Hall–Kier alpha value is -1.59. The van der Waals surface area contributed by atoms with Crippen LogP contribution in [0.5, 0.6) is 0 Å². The molecule has 0 saturated heterocycles. The fraction of sp³-hybridized carbons (Fsp3) is 0.231. The Balaban J connectivity index is 2.35. The Bertz CT molecular complexity index is 582. The first-order chi connectivity index (χ1) is 8.56. The van der Waals surface area contributed by atoms with E-state index in [1.54, 1.807) is 6.20 Å². The fourth-order valence-electron chi connectivity index (χ4n) is 1.99. The molecule has 0 aliphatic heterocycles. The van der Waals surface area contributed by atoms with Crippen LogP contribution in [0.15, 0.2) is 30.5 Å². The molecule has 0 atom stereocenters. The summed E-state index contributed by atoms with van der Waals surface area (Å²) in [5.41, 5.74) is 8.76. The maximum atomic E-state index is 7.28. The Labute approximate surface area is 111 Å². The molecule has 0 fully saturated rings. The van der Waals surface area contributed by atoms with E-state index in [0.717, 1.165) is 16.5 Å². The highest BCUT2D eigenvalue weighted by Gasteiger charge is 2.08. The number of nitrogens with one attached hydrogen (secondary N) is 1. The van der Waals surface area contributed by atoms with Gasteiger partial charge in [0, 0.05) is 18.1 Å². The Morgan fingerprint density at radius 3 is 3.00 bits per heavy atom. The van der Waals surface area contributed by atoms with E-state index in [0.29, 0.717) is 6.54 Å². The molecule has 0 unspecified atom stereocenters. The summed E-state index contributed by atoms with van der Waals surface area (Å²) in [7, 11) is 1.92. The lowest BCUT2D eigenvalue weighted by Crippen LogP contribution is -2.16. The van der Waals surface area contributed by atoms with Crippen LogP contribution in [0.2, 0.25) is 0 Å². The predicted molar refractivity (Wildman–Crippen MR) is 77.5 cm³/mol. The van der Waals surface area contributed by atoms with Crippen molar-refractivity contribution >= 4 is 28.0 Å². The van der Waals surface area contributed by atoms with Gasteiger partial charge in [0.25, 0.3) is 0 Å². The van der Waals surface area contributed by atoms with Crippen LogP contribution in [0, 0.1) is 12.3 Å². The monoisotopic (exact) mass is 260 g/mol. The van der Waals surface area contributed by atoms with E-state index in [1.165, 1.54) is 17.5 Å². The largest absolute Gasteiger partial charge is 0.378 e. The first-order valence-electron chi connectivity index (χ1n) is 5.63. The number of hydrogen-bond donors (Lipinski definition) is 2. The van der Waals surface area contributed by atoms with Crippen LogP contribution in [0.4, 0.5) is 0 Å². The lowest BCUT2D eigenvalue weighted by molar-refractivity contribution is 0.571. The van der Waals surface area contributed by atoms with Crippen molar-refractivity contribution in [3.63, 3.8) is 0 Å². The van der Waals surface area contributed by atoms with Crippen molar-refractivity contribution in [2.45, 2.75) is 13.5 Å². The van der Waals surface area contributed by atoms with Gasteiger partial charge < -0.3 is 5.73 Å². The van der Waals surface area contributed by atoms with Gasteiger partial charge in [0.1, 0.15) is 0 Å². The Morgan fingerprint density at radius 1 is 1.50 bits per heavy atom. The molecule has 4 nitrogen and oxygen atoms in total. The molecular weight excluding hydrogens is 244 g/mol. The van der Waals surface area contributed by atoms with Crippen molar-refractivity contribution in [3.05, 3.63) is 41.6 Å². The van der Waals surface area contributed by atoms with Crippen molar-refractivity contribution in [1.29, 1.82) is 5.41 Å². The van der Waals surface area contributed by atoms with Gasteiger partial charge in [-0.2, -0.15) is 0 Å². The maximum absolute atomic E-state index is 7.28. The van der Waals surface area contributed by atoms with Crippen LogP contribution in [0.25, 0.3) is 10.9 Å². The summed E-state index contributed by atoms with van der Waals surface area (Å²) in [5.74, 6) is 0. The van der Waals surface area contributed by atoms with Crippen molar-refractivity contribution in [3.8, 4) is 0 Å². The first kappa shape index (κ1) is 12.9. The molecule has 0 bridgehead atoms. The van der Waals surface area contributed by atoms with E-state index in [4.69, 9.17) is 11.1 Å². The number of amidine groups is 1. The average Bonchev–Trinajstić information content (AvgIpc) is 2.27. The molecule has 2 aromatic rings. The van der Waals surface area contributed by atoms with Crippen LogP contribution in [0.1, 0.15) is 11.1 Å². The van der Waals surface area contributed by atoms with Gasteiger partial charge in [-0.3, -0.25) is 10.4 Å². The van der Waals surface area contributed by atoms with Crippen molar-refractivity contribution < 1.29 is 0 Å². The quantitative estimate of drug-likeness (QED) is 0.505. The zero-order chi connectivity index (χ0) is 13.1. The number of nitrogens with zero attached hydrogens (tertiary/aromatic N) is 2. The van der Waals surface area contributed by atoms with Crippen LogP contribution < -0.4 is 5.73 Å². The summed E-state index contributed by atoms with van der Waals surface area (Å²) in [6.45, 7) is 2.79. The molecule has 0 aliphatic rings. The number of rotatable bonds is 3. The standard InChI is InChI=1S/C13H16N4S/c1-9-6-10-4-3-5-16-12(10)11(7-9)8-17(2)18-13(14)15/h3-7H,8H2,1-2H3,(H3,14,15). The molecular formula is C13H16N4S. The third kappa shape index (κ3) is 3.00. The summed E-state index contributed by atoms with van der Waals surface area (Å²) >= 11 is 1.23. The number of benzene rings is 1. The first-order valence-corrected chi connectivity index (χ1v) is 6.41. The van der Waals surface area contributed by atoms with Crippen LogP contribution in [-0.2, 0) is 6.54 Å². The van der Waals surface area contributed by atoms with Crippen molar-refractivity contribution in [2.24, 2.45) is 5.73 Å². The molecule has 0 saturated carbocycles. The average molecular weight is 260 g/mol. The summed E-state index contributed by atoms with van der Waals surface area (Å²) in [5, 5.41) is 8.53. The predicted octanol–water partition coefficient (Wildman–Crippen LogP) is 2.52.